The van der Waals surface area contributed by atoms with E-state index in [1.165, 1.54) is 4.90 Å². The number of amides is 2. The predicted molar refractivity (Wildman–Crippen MR) is 121 cm³/mol. The maximum Gasteiger partial charge on any atom is 0.261 e. The van der Waals surface area contributed by atoms with Gasteiger partial charge in [-0.25, -0.2) is 0 Å². The van der Waals surface area contributed by atoms with Gasteiger partial charge >= 0.3 is 0 Å². The van der Waals surface area contributed by atoms with Crippen molar-refractivity contribution in [2.45, 2.75) is 45.8 Å². The van der Waals surface area contributed by atoms with Gasteiger partial charge in [0.05, 0.1) is 5.02 Å². The van der Waals surface area contributed by atoms with E-state index in [0.717, 1.165) is 0 Å². The van der Waals surface area contributed by atoms with Gasteiger partial charge in [0.25, 0.3) is 5.91 Å². The number of carbonyl (C=O) groups excluding carboxylic acids is 2. The number of carbonyl (C=O) groups is 2. The minimum atomic E-state index is -0.779. The number of ether oxygens (including phenoxy) is 1. The van der Waals surface area contributed by atoms with Crippen LogP contribution in [-0.2, 0) is 16.1 Å². The Balaban J connectivity index is 2.26. The highest BCUT2D eigenvalue weighted by Crippen LogP contribution is 2.27. The molecule has 0 aliphatic heterocycles. The standard InChI is InChI=1S/C22H25Cl3N2O3/c1-14(21(29)26-22(2,3)4)27(12-15-16(23)9-7-10-17(15)24)20(28)13-30-19-11-6-5-8-18(19)25/h5-11,14H,12-13H2,1-4H3,(H,26,29). The lowest BCUT2D eigenvalue weighted by atomic mass is 10.1. The van der Waals surface area contributed by atoms with Crippen LogP contribution in [0.15, 0.2) is 42.5 Å². The smallest absolute Gasteiger partial charge is 0.261 e. The molecule has 1 N–H and O–H groups in total. The highest BCUT2D eigenvalue weighted by molar-refractivity contribution is 6.36. The van der Waals surface area contributed by atoms with E-state index in [1.54, 1.807) is 49.4 Å². The van der Waals surface area contributed by atoms with Gasteiger partial charge in [-0.1, -0.05) is 53.0 Å². The van der Waals surface area contributed by atoms with Gasteiger partial charge in [0.15, 0.2) is 6.61 Å². The van der Waals surface area contributed by atoms with Crippen LogP contribution in [0.4, 0.5) is 0 Å². The molecule has 0 fully saturated rings. The van der Waals surface area contributed by atoms with Crippen molar-refractivity contribution in [2.75, 3.05) is 6.61 Å². The van der Waals surface area contributed by atoms with E-state index >= 15 is 0 Å². The predicted octanol–water partition coefficient (Wildman–Crippen LogP) is 5.36. The van der Waals surface area contributed by atoms with Gasteiger partial charge in [-0.05, 0) is 52.0 Å². The number of para-hydroxylation sites is 1. The summed E-state index contributed by atoms with van der Waals surface area (Å²) in [5.41, 5.74) is 0.109. The Hall–Kier alpha value is -1.95. The number of nitrogens with one attached hydrogen (secondary N) is 1. The maximum absolute atomic E-state index is 13.1. The lowest BCUT2D eigenvalue weighted by Gasteiger charge is -2.31. The monoisotopic (exact) mass is 470 g/mol. The fourth-order valence-corrected chi connectivity index (χ4v) is 3.40. The van der Waals surface area contributed by atoms with Crippen molar-refractivity contribution in [3.05, 3.63) is 63.1 Å². The van der Waals surface area contributed by atoms with E-state index in [0.29, 0.717) is 26.4 Å². The van der Waals surface area contributed by atoms with Crippen molar-refractivity contribution in [3.8, 4) is 5.75 Å². The fraction of sp³-hybridized carbons (Fsp3) is 0.364. The number of hydrogen-bond acceptors (Lipinski definition) is 3. The first-order valence-corrected chi connectivity index (χ1v) is 10.5. The highest BCUT2D eigenvalue weighted by Gasteiger charge is 2.29. The summed E-state index contributed by atoms with van der Waals surface area (Å²) in [6, 6.07) is 11.2. The van der Waals surface area contributed by atoms with Crippen molar-refractivity contribution in [3.63, 3.8) is 0 Å². The lowest BCUT2D eigenvalue weighted by Crippen LogP contribution is -2.53. The minimum Gasteiger partial charge on any atom is -0.482 e. The third kappa shape index (κ3) is 6.79. The average molecular weight is 472 g/mol. The molecule has 2 rings (SSSR count). The van der Waals surface area contributed by atoms with Crippen LogP contribution < -0.4 is 10.1 Å². The SMILES string of the molecule is CC(C(=O)NC(C)(C)C)N(Cc1c(Cl)cccc1Cl)C(=O)COc1ccccc1Cl. The molecule has 0 bridgehead atoms. The molecule has 0 aromatic heterocycles. The second-order valence-electron chi connectivity index (χ2n) is 7.86. The molecule has 5 nitrogen and oxygen atoms in total. The van der Waals surface area contributed by atoms with Crippen molar-refractivity contribution in [2.24, 2.45) is 0 Å². The summed E-state index contributed by atoms with van der Waals surface area (Å²) in [4.78, 5) is 27.2. The molecule has 8 heteroatoms. The molecule has 2 aromatic carbocycles. The van der Waals surface area contributed by atoms with E-state index in [2.05, 4.69) is 5.32 Å². The molecular weight excluding hydrogens is 447 g/mol. The van der Waals surface area contributed by atoms with E-state index < -0.39 is 17.5 Å². The number of hydrogen-bond donors (Lipinski definition) is 1. The van der Waals surface area contributed by atoms with Gasteiger partial charge in [-0.15, -0.1) is 0 Å². The molecule has 0 radical (unpaired) electrons. The van der Waals surface area contributed by atoms with Crippen molar-refractivity contribution in [1.82, 2.24) is 10.2 Å². The van der Waals surface area contributed by atoms with Crippen LogP contribution in [0.1, 0.15) is 33.3 Å². The van der Waals surface area contributed by atoms with E-state index in [-0.39, 0.29) is 19.1 Å². The number of benzene rings is 2. The summed E-state index contributed by atoms with van der Waals surface area (Å²) in [7, 11) is 0. The van der Waals surface area contributed by atoms with Crippen LogP contribution >= 0.6 is 34.8 Å². The van der Waals surface area contributed by atoms with Crippen molar-refractivity contribution < 1.29 is 14.3 Å². The molecular formula is C22H25Cl3N2O3. The van der Waals surface area contributed by atoms with Gasteiger partial charge in [-0.3, -0.25) is 9.59 Å². The Morgan fingerprint density at radius 2 is 1.57 bits per heavy atom. The molecule has 0 aliphatic carbocycles. The number of rotatable bonds is 7. The van der Waals surface area contributed by atoms with Crippen LogP contribution in [0.3, 0.4) is 0 Å². The van der Waals surface area contributed by atoms with E-state index in [1.807, 2.05) is 20.8 Å². The number of nitrogens with zero attached hydrogens (tertiary/aromatic N) is 1. The van der Waals surface area contributed by atoms with E-state index in [4.69, 9.17) is 39.5 Å². The van der Waals surface area contributed by atoms with Gasteiger partial charge < -0.3 is 15.0 Å². The summed E-state index contributed by atoms with van der Waals surface area (Å²) in [6.07, 6.45) is 0. The van der Waals surface area contributed by atoms with Gasteiger partial charge in [-0.2, -0.15) is 0 Å². The van der Waals surface area contributed by atoms with Crippen LogP contribution in [-0.4, -0.2) is 34.9 Å². The van der Waals surface area contributed by atoms with Crippen molar-refractivity contribution >= 4 is 46.6 Å². The van der Waals surface area contributed by atoms with Crippen LogP contribution in [0.2, 0.25) is 15.1 Å². The molecule has 2 amide bonds. The van der Waals surface area contributed by atoms with Gasteiger partial charge in [0, 0.05) is 27.7 Å². The molecule has 1 atom stereocenters. The first-order valence-electron chi connectivity index (χ1n) is 9.41. The van der Waals surface area contributed by atoms with Gasteiger partial charge in [0.1, 0.15) is 11.8 Å². The molecule has 1 unspecified atom stereocenters. The second-order valence-corrected chi connectivity index (χ2v) is 9.08. The Labute approximate surface area is 192 Å². The topological polar surface area (TPSA) is 58.6 Å². The quantitative estimate of drug-likeness (QED) is 0.591. The molecule has 0 saturated heterocycles. The molecule has 0 aliphatic rings. The first kappa shape index (κ1) is 24.3. The first-order chi connectivity index (χ1) is 14.0. The minimum absolute atomic E-state index is 0.0575. The van der Waals surface area contributed by atoms with Crippen LogP contribution in [0.25, 0.3) is 0 Å². The molecule has 30 heavy (non-hydrogen) atoms. The van der Waals surface area contributed by atoms with Gasteiger partial charge in [0.2, 0.25) is 5.91 Å². The Kier molecular flexibility index (Phi) is 8.42. The second kappa shape index (κ2) is 10.4. The molecule has 162 valence electrons. The normalized spacial score (nSPS) is 12.2. The largest absolute Gasteiger partial charge is 0.482 e. The van der Waals surface area contributed by atoms with E-state index in [9.17, 15) is 9.59 Å². The third-order valence-electron chi connectivity index (χ3n) is 4.24. The Morgan fingerprint density at radius 3 is 2.13 bits per heavy atom. The fourth-order valence-electron chi connectivity index (χ4n) is 2.69. The summed E-state index contributed by atoms with van der Waals surface area (Å²) in [6.45, 7) is 7.03. The molecule has 0 spiro atoms. The zero-order chi connectivity index (χ0) is 22.5. The van der Waals surface area contributed by atoms with Crippen molar-refractivity contribution in [1.29, 1.82) is 0 Å². The zero-order valence-electron chi connectivity index (χ0n) is 17.3. The molecule has 0 saturated carbocycles. The summed E-state index contributed by atoms with van der Waals surface area (Å²) in [5, 5.41) is 4.11. The number of halogens is 3. The summed E-state index contributed by atoms with van der Waals surface area (Å²) >= 11 is 18.7. The third-order valence-corrected chi connectivity index (χ3v) is 5.26. The lowest BCUT2D eigenvalue weighted by molar-refractivity contribution is -0.142. The molecule has 0 heterocycles. The Bertz CT molecular complexity index is 892. The zero-order valence-corrected chi connectivity index (χ0v) is 19.6. The highest BCUT2D eigenvalue weighted by atomic mass is 35.5. The van der Waals surface area contributed by atoms with Crippen LogP contribution in [0, 0.1) is 0 Å². The summed E-state index contributed by atoms with van der Waals surface area (Å²) in [5.74, 6) is -0.311. The average Bonchev–Trinajstić information content (AvgIpc) is 2.65. The Morgan fingerprint density at radius 1 is 1.00 bits per heavy atom. The summed E-state index contributed by atoms with van der Waals surface area (Å²) < 4.78 is 5.59. The maximum atomic E-state index is 13.1. The van der Waals surface area contributed by atoms with Crippen LogP contribution in [0.5, 0.6) is 5.75 Å². The molecule has 2 aromatic rings.